The second-order valence-electron chi connectivity index (χ2n) is 4.78. The van der Waals surface area contributed by atoms with E-state index in [4.69, 9.17) is 0 Å². The molecule has 0 aromatic rings. The summed E-state index contributed by atoms with van der Waals surface area (Å²) in [5.74, 6) is 0.817. The van der Waals surface area contributed by atoms with E-state index in [0.717, 1.165) is 24.0 Å². The Morgan fingerprint density at radius 2 is 1.62 bits per heavy atom. The molecule has 1 unspecified atom stereocenters. The molecule has 80 valence electrons. The minimum Gasteiger partial charge on any atom is -0.295 e. The Bertz CT molecular complexity index is 140. The van der Waals surface area contributed by atoms with Gasteiger partial charge in [-0.1, -0.05) is 21.3 Å². The fourth-order valence-electron chi connectivity index (χ4n) is 2.61. The lowest BCUT2D eigenvalue weighted by molar-refractivity contribution is 0.127. The van der Waals surface area contributed by atoms with E-state index in [0.29, 0.717) is 0 Å². The number of rotatable bonds is 2. The number of likely N-dealkylation sites (tertiary alicyclic amines) is 1. The van der Waals surface area contributed by atoms with Crippen LogP contribution in [0.1, 0.15) is 54.9 Å². The molecule has 0 aromatic carbocycles. The minimum atomic E-state index is 0. The first-order chi connectivity index (χ1) is 5.54. The Balaban J connectivity index is 0.00000144. The van der Waals surface area contributed by atoms with Crippen molar-refractivity contribution < 1.29 is 0 Å². The van der Waals surface area contributed by atoms with Crippen molar-refractivity contribution >= 4 is 0 Å². The lowest BCUT2D eigenvalue weighted by Gasteiger charge is -2.34. The number of hydrogen-bond acceptors (Lipinski definition) is 1. The van der Waals surface area contributed by atoms with Crippen molar-refractivity contribution in [3.8, 4) is 0 Å². The molecular weight excluding hydrogens is 158 g/mol. The van der Waals surface area contributed by atoms with Crippen LogP contribution in [0.3, 0.4) is 0 Å². The summed E-state index contributed by atoms with van der Waals surface area (Å²) in [7, 11) is 0. The largest absolute Gasteiger partial charge is 0.295 e. The first kappa shape index (κ1) is 13.0. The van der Waals surface area contributed by atoms with Gasteiger partial charge in [0.05, 0.1) is 0 Å². The van der Waals surface area contributed by atoms with Crippen LogP contribution in [0, 0.1) is 5.92 Å². The van der Waals surface area contributed by atoms with Crippen LogP contribution < -0.4 is 0 Å². The molecule has 1 fully saturated rings. The van der Waals surface area contributed by atoms with E-state index in [1.807, 2.05) is 0 Å². The summed E-state index contributed by atoms with van der Waals surface area (Å²) < 4.78 is 0. The van der Waals surface area contributed by atoms with Gasteiger partial charge in [-0.25, -0.2) is 0 Å². The van der Waals surface area contributed by atoms with Gasteiger partial charge in [0, 0.05) is 18.1 Å². The first-order valence-electron chi connectivity index (χ1n) is 5.31. The molecular formula is C12H27N. The SMILES string of the molecule is C.CC(C)[C@@H]1CCC(C)N1C(C)C. The van der Waals surface area contributed by atoms with Gasteiger partial charge < -0.3 is 0 Å². The van der Waals surface area contributed by atoms with E-state index in [1.54, 1.807) is 0 Å². The van der Waals surface area contributed by atoms with Crippen molar-refractivity contribution in [2.45, 2.75) is 73.0 Å². The third-order valence-electron chi connectivity index (χ3n) is 3.14. The molecule has 1 aliphatic rings. The average molecular weight is 185 g/mol. The summed E-state index contributed by atoms with van der Waals surface area (Å²) in [5, 5.41) is 0. The second-order valence-corrected chi connectivity index (χ2v) is 4.78. The Hall–Kier alpha value is -0.0400. The van der Waals surface area contributed by atoms with E-state index in [1.165, 1.54) is 12.8 Å². The molecule has 0 amide bonds. The van der Waals surface area contributed by atoms with E-state index < -0.39 is 0 Å². The van der Waals surface area contributed by atoms with E-state index >= 15 is 0 Å². The third-order valence-corrected chi connectivity index (χ3v) is 3.14. The summed E-state index contributed by atoms with van der Waals surface area (Å²) in [4.78, 5) is 2.69. The molecule has 1 heterocycles. The predicted molar refractivity (Wildman–Crippen MR) is 61.0 cm³/mol. The van der Waals surface area contributed by atoms with Crippen LogP contribution in [0.4, 0.5) is 0 Å². The summed E-state index contributed by atoms with van der Waals surface area (Å²) in [5.41, 5.74) is 0. The van der Waals surface area contributed by atoms with E-state index in [2.05, 4.69) is 39.5 Å². The first-order valence-corrected chi connectivity index (χ1v) is 5.31. The molecule has 0 spiro atoms. The maximum Gasteiger partial charge on any atom is 0.0124 e. The zero-order chi connectivity index (χ0) is 9.30. The van der Waals surface area contributed by atoms with E-state index in [-0.39, 0.29) is 7.43 Å². The number of hydrogen-bond donors (Lipinski definition) is 0. The van der Waals surface area contributed by atoms with Gasteiger partial charge in [0.25, 0.3) is 0 Å². The quantitative estimate of drug-likeness (QED) is 0.636. The molecule has 1 rings (SSSR count). The van der Waals surface area contributed by atoms with Crippen molar-refractivity contribution in [3.63, 3.8) is 0 Å². The van der Waals surface area contributed by atoms with Gasteiger partial charge in [0.2, 0.25) is 0 Å². The predicted octanol–water partition coefficient (Wildman–Crippen LogP) is 3.54. The maximum absolute atomic E-state index is 2.69. The average Bonchev–Trinajstić information content (AvgIpc) is 2.30. The van der Waals surface area contributed by atoms with Crippen LogP contribution >= 0.6 is 0 Å². The topological polar surface area (TPSA) is 3.24 Å². The Morgan fingerprint density at radius 1 is 1.08 bits per heavy atom. The molecule has 0 aliphatic carbocycles. The van der Waals surface area contributed by atoms with Gasteiger partial charge in [0.15, 0.2) is 0 Å². The lowest BCUT2D eigenvalue weighted by Crippen LogP contribution is -2.42. The number of nitrogens with zero attached hydrogens (tertiary/aromatic N) is 1. The lowest BCUT2D eigenvalue weighted by atomic mass is 10.0. The van der Waals surface area contributed by atoms with Crippen molar-refractivity contribution in [3.05, 3.63) is 0 Å². The summed E-state index contributed by atoms with van der Waals surface area (Å²) in [6.45, 7) is 11.7. The zero-order valence-electron chi connectivity index (χ0n) is 9.17. The summed E-state index contributed by atoms with van der Waals surface area (Å²) >= 11 is 0. The molecule has 2 atom stereocenters. The molecule has 0 N–H and O–H groups in total. The van der Waals surface area contributed by atoms with Crippen LogP contribution in [0.5, 0.6) is 0 Å². The van der Waals surface area contributed by atoms with Gasteiger partial charge in [-0.15, -0.1) is 0 Å². The van der Waals surface area contributed by atoms with Crippen molar-refractivity contribution in [2.24, 2.45) is 5.92 Å². The zero-order valence-corrected chi connectivity index (χ0v) is 9.17. The van der Waals surface area contributed by atoms with Crippen molar-refractivity contribution in [1.82, 2.24) is 4.90 Å². The van der Waals surface area contributed by atoms with Gasteiger partial charge in [0.1, 0.15) is 0 Å². The van der Waals surface area contributed by atoms with Crippen LogP contribution in [-0.4, -0.2) is 23.0 Å². The minimum absolute atomic E-state index is 0. The van der Waals surface area contributed by atoms with Gasteiger partial charge >= 0.3 is 0 Å². The van der Waals surface area contributed by atoms with Crippen LogP contribution in [0.15, 0.2) is 0 Å². The highest BCUT2D eigenvalue weighted by atomic mass is 15.2. The molecule has 1 heteroatoms. The fraction of sp³-hybridized carbons (Fsp3) is 1.00. The highest BCUT2D eigenvalue weighted by Crippen LogP contribution is 2.30. The Labute approximate surface area is 84.5 Å². The molecule has 0 radical (unpaired) electrons. The van der Waals surface area contributed by atoms with E-state index in [9.17, 15) is 0 Å². The molecule has 0 bridgehead atoms. The molecule has 1 saturated heterocycles. The molecule has 0 aromatic heterocycles. The van der Waals surface area contributed by atoms with Gasteiger partial charge in [-0.2, -0.15) is 0 Å². The maximum atomic E-state index is 2.69. The highest BCUT2D eigenvalue weighted by Gasteiger charge is 2.33. The second kappa shape index (κ2) is 4.99. The Morgan fingerprint density at radius 3 is 1.92 bits per heavy atom. The normalized spacial score (nSPS) is 29.8. The van der Waals surface area contributed by atoms with Crippen molar-refractivity contribution in [1.29, 1.82) is 0 Å². The smallest absolute Gasteiger partial charge is 0.0124 e. The van der Waals surface area contributed by atoms with Gasteiger partial charge in [-0.05, 0) is 39.5 Å². The standard InChI is InChI=1S/C11H23N.CH4/c1-8(2)11-7-6-10(5)12(11)9(3)4;/h8-11H,6-7H2,1-5H3;1H4/t10?,11-;/m0./s1. The fourth-order valence-corrected chi connectivity index (χ4v) is 2.61. The summed E-state index contributed by atoms with van der Waals surface area (Å²) in [6.07, 6.45) is 2.79. The molecule has 1 nitrogen and oxygen atoms in total. The van der Waals surface area contributed by atoms with Crippen LogP contribution in [0.2, 0.25) is 0 Å². The van der Waals surface area contributed by atoms with Crippen molar-refractivity contribution in [2.75, 3.05) is 0 Å². The highest BCUT2D eigenvalue weighted by molar-refractivity contribution is 4.88. The van der Waals surface area contributed by atoms with Crippen LogP contribution in [-0.2, 0) is 0 Å². The van der Waals surface area contributed by atoms with Crippen LogP contribution in [0.25, 0.3) is 0 Å². The Kier molecular flexibility index (Phi) is 4.98. The summed E-state index contributed by atoms with van der Waals surface area (Å²) in [6, 6.07) is 2.35. The molecule has 0 saturated carbocycles. The third kappa shape index (κ3) is 2.70. The molecule has 1 aliphatic heterocycles. The molecule has 13 heavy (non-hydrogen) atoms. The monoisotopic (exact) mass is 185 g/mol. The van der Waals surface area contributed by atoms with Gasteiger partial charge in [-0.3, -0.25) is 4.90 Å².